The summed E-state index contributed by atoms with van der Waals surface area (Å²) in [6.45, 7) is 10.3. The van der Waals surface area contributed by atoms with E-state index in [4.69, 9.17) is 15.1 Å². The van der Waals surface area contributed by atoms with Crippen molar-refractivity contribution in [3.63, 3.8) is 0 Å². The fraction of sp³-hybridized carbons (Fsp3) is 0.462. The number of nitrogens with zero attached hydrogens (tertiary/aromatic N) is 7. The Bertz CT molecular complexity index is 1210. The first-order valence-corrected chi connectivity index (χ1v) is 12.1. The highest BCUT2D eigenvalue weighted by Gasteiger charge is 2.31. The quantitative estimate of drug-likeness (QED) is 0.705. The second kappa shape index (κ2) is 9.18. The Labute approximate surface area is 201 Å². The van der Waals surface area contributed by atoms with Crippen LogP contribution in [0.2, 0.25) is 0 Å². The summed E-state index contributed by atoms with van der Waals surface area (Å²) in [5.74, 6) is 3.49. The van der Waals surface area contributed by atoms with Gasteiger partial charge in [0.25, 0.3) is 0 Å². The molecular weight excluding hydrogens is 426 g/mol. The number of benzene rings is 1. The molecule has 1 atom stereocenters. The molecular formula is C26H33N7O. The molecule has 8 heteroatoms. The first kappa shape index (κ1) is 22.5. The average molecular weight is 460 g/mol. The molecule has 178 valence electrons. The van der Waals surface area contributed by atoms with Crippen molar-refractivity contribution >= 4 is 28.8 Å². The maximum Gasteiger partial charge on any atom is 0.151 e. The summed E-state index contributed by atoms with van der Waals surface area (Å²) in [5.41, 5.74) is 3.24. The predicted octanol–water partition coefficient (Wildman–Crippen LogP) is 3.75. The van der Waals surface area contributed by atoms with E-state index in [1.807, 2.05) is 44.3 Å². The lowest BCUT2D eigenvalue weighted by atomic mass is 10.0. The Morgan fingerprint density at radius 2 is 1.94 bits per heavy atom. The van der Waals surface area contributed by atoms with Gasteiger partial charge in [-0.1, -0.05) is 11.6 Å². The van der Waals surface area contributed by atoms with Crippen molar-refractivity contribution < 1.29 is 5.11 Å². The van der Waals surface area contributed by atoms with Crippen LogP contribution in [0, 0.1) is 13.8 Å². The van der Waals surface area contributed by atoms with Crippen molar-refractivity contribution in [3.05, 3.63) is 53.3 Å². The fourth-order valence-corrected chi connectivity index (χ4v) is 4.88. The van der Waals surface area contributed by atoms with Crippen molar-refractivity contribution in [1.82, 2.24) is 19.9 Å². The third-order valence-electron chi connectivity index (χ3n) is 6.67. The van der Waals surface area contributed by atoms with Gasteiger partial charge in [-0.2, -0.15) is 5.10 Å². The van der Waals surface area contributed by atoms with Crippen LogP contribution in [0.15, 0.2) is 52.0 Å². The van der Waals surface area contributed by atoms with Gasteiger partial charge in [0.1, 0.15) is 17.5 Å². The molecule has 0 radical (unpaired) electrons. The molecule has 0 saturated carbocycles. The number of hydrogen-bond acceptors (Lipinski definition) is 8. The van der Waals surface area contributed by atoms with Gasteiger partial charge in [0.05, 0.1) is 17.7 Å². The maximum absolute atomic E-state index is 9.68. The van der Waals surface area contributed by atoms with Crippen molar-refractivity contribution in [2.24, 2.45) is 10.1 Å². The van der Waals surface area contributed by atoms with Crippen LogP contribution in [0.3, 0.4) is 0 Å². The van der Waals surface area contributed by atoms with Gasteiger partial charge in [-0.05, 0) is 65.2 Å². The molecule has 2 aromatic rings. The van der Waals surface area contributed by atoms with Gasteiger partial charge in [-0.15, -0.1) is 0 Å². The molecule has 0 spiro atoms. The van der Waals surface area contributed by atoms with Crippen molar-refractivity contribution in [2.45, 2.75) is 59.1 Å². The molecule has 0 aliphatic carbocycles. The van der Waals surface area contributed by atoms with E-state index in [0.29, 0.717) is 13.1 Å². The van der Waals surface area contributed by atoms with E-state index in [1.165, 1.54) is 12.0 Å². The molecule has 34 heavy (non-hydrogen) atoms. The van der Waals surface area contributed by atoms with E-state index < -0.39 is 0 Å². The van der Waals surface area contributed by atoms with Crippen LogP contribution < -0.4 is 4.90 Å². The summed E-state index contributed by atoms with van der Waals surface area (Å²) in [6, 6.07) is 6.52. The van der Waals surface area contributed by atoms with Gasteiger partial charge in [-0.25, -0.2) is 20.0 Å². The number of piperidine rings is 1. The normalized spacial score (nSPS) is 23.0. The lowest BCUT2D eigenvalue weighted by Crippen LogP contribution is -2.54. The SMILES string of the molecule is C/C=C1/N=C(N2CC(O)C2)C(C)=CN1/N=C/[C@@H]1CCCCN1c1nc(C)nc2ccc(C)cc12. The number of allylic oxidation sites excluding steroid dienone is 1. The number of hydrogen-bond donors (Lipinski definition) is 1. The van der Waals surface area contributed by atoms with Crippen LogP contribution in [0.5, 0.6) is 0 Å². The number of aryl methyl sites for hydroxylation is 2. The van der Waals surface area contributed by atoms with E-state index in [0.717, 1.165) is 59.2 Å². The first-order chi connectivity index (χ1) is 16.4. The van der Waals surface area contributed by atoms with Crippen molar-refractivity contribution in [3.8, 4) is 0 Å². The standard InChI is InChI=1S/C26H33N7O/c1-5-24-30-25(31-15-21(34)16-31)18(3)14-33(24)27-13-20-8-6-7-11-32(20)26-22-12-17(2)9-10-23(22)28-19(4)29-26/h5,9-10,12-14,20-21,34H,6-8,11,15-16H2,1-4H3/b24-5-,27-13+/t20-/m0/s1. The smallest absolute Gasteiger partial charge is 0.151 e. The van der Waals surface area contributed by atoms with Crippen LogP contribution in [0.4, 0.5) is 5.82 Å². The van der Waals surface area contributed by atoms with Crippen LogP contribution in [0.25, 0.3) is 10.9 Å². The molecule has 1 N–H and O–H groups in total. The second-order valence-corrected chi connectivity index (χ2v) is 9.43. The first-order valence-electron chi connectivity index (χ1n) is 12.1. The predicted molar refractivity (Wildman–Crippen MR) is 137 cm³/mol. The summed E-state index contributed by atoms with van der Waals surface area (Å²) in [4.78, 5) is 18.8. The minimum Gasteiger partial charge on any atom is -0.389 e. The van der Waals surface area contributed by atoms with Crippen molar-refractivity contribution in [1.29, 1.82) is 0 Å². The third kappa shape index (κ3) is 4.30. The van der Waals surface area contributed by atoms with Crippen LogP contribution in [-0.2, 0) is 0 Å². The summed E-state index contributed by atoms with van der Waals surface area (Å²) < 4.78 is 0. The van der Waals surface area contributed by atoms with E-state index in [-0.39, 0.29) is 12.1 Å². The van der Waals surface area contributed by atoms with E-state index in [9.17, 15) is 5.11 Å². The molecule has 1 aromatic carbocycles. The minimum atomic E-state index is -0.261. The third-order valence-corrected chi connectivity index (χ3v) is 6.67. The summed E-state index contributed by atoms with van der Waals surface area (Å²) in [6.07, 6.45) is 9.11. The minimum absolute atomic E-state index is 0.148. The van der Waals surface area contributed by atoms with Crippen molar-refractivity contribution in [2.75, 3.05) is 24.5 Å². The number of aliphatic hydroxyl groups excluding tert-OH is 1. The number of β-amino-alcohol motifs (C(OH)–C–C–N with tert-alkyl or cyclic N) is 1. The number of hydrazone groups is 1. The molecule has 2 fully saturated rings. The van der Waals surface area contributed by atoms with Gasteiger partial charge in [0.2, 0.25) is 0 Å². The monoisotopic (exact) mass is 459 g/mol. The number of likely N-dealkylation sites (tertiary alicyclic amines) is 1. The zero-order chi connectivity index (χ0) is 23.8. The molecule has 3 aliphatic heterocycles. The van der Waals surface area contributed by atoms with Gasteiger partial charge in [-0.3, -0.25) is 0 Å². The largest absolute Gasteiger partial charge is 0.389 e. The lowest BCUT2D eigenvalue weighted by Gasteiger charge is -2.40. The van der Waals surface area contributed by atoms with Gasteiger partial charge in [0, 0.05) is 43.0 Å². The number of anilines is 1. The molecule has 0 unspecified atom stereocenters. The number of aliphatic imine (C=N–C) groups is 1. The number of rotatable bonds is 3. The topological polar surface area (TPSA) is 80.5 Å². The van der Waals surface area contributed by atoms with Crippen LogP contribution in [-0.4, -0.2) is 68.8 Å². The lowest BCUT2D eigenvalue weighted by molar-refractivity contribution is 0.0465. The number of fused-ring (bicyclic) bond motifs is 1. The molecule has 4 heterocycles. The average Bonchev–Trinajstić information content (AvgIpc) is 2.81. The summed E-state index contributed by atoms with van der Waals surface area (Å²) in [7, 11) is 0. The highest BCUT2D eigenvalue weighted by molar-refractivity contribution is 5.99. The summed E-state index contributed by atoms with van der Waals surface area (Å²) in [5, 5.41) is 17.5. The zero-order valence-electron chi connectivity index (χ0n) is 20.4. The van der Waals surface area contributed by atoms with Crippen LogP contribution >= 0.6 is 0 Å². The molecule has 2 saturated heterocycles. The maximum atomic E-state index is 9.68. The molecule has 5 rings (SSSR count). The zero-order valence-corrected chi connectivity index (χ0v) is 20.4. The van der Waals surface area contributed by atoms with Gasteiger partial charge in [0.15, 0.2) is 5.82 Å². The molecule has 1 aromatic heterocycles. The van der Waals surface area contributed by atoms with E-state index in [2.05, 4.69) is 39.9 Å². The Balaban J connectivity index is 1.42. The van der Waals surface area contributed by atoms with Gasteiger partial charge >= 0.3 is 0 Å². The molecule has 8 nitrogen and oxygen atoms in total. The Kier molecular flexibility index (Phi) is 6.08. The Morgan fingerprint density at radius 3 is 2.71 bits per heavy atom. The number of aromatic nitrogens is 2. The molecule has 0 amide bonds. The van der Waals surface area contributed by atoms with Crippen LogP contribution in [0.1, 0.15) is 44.5 Å². The fourth-order valence-electron chi connectivity index (χ4n) is 4.88. The van der Waals surface area contributed by atoms with E-state index >= 15 is 0 Å². The Hall–Kier alpha value is -3.26. The number of amidine groups is 1. The molecule has 0 bridgehead atoms. The summed E-state index contributed by atoms with van der Waals surface area (Å²) >= 11 is 0. The number of aliphatic hydroxyl groups is 1. The second-order valence-electron chi connectivity index (χ2n) is 9.43. The Morgan fingerprint density at radius 1 is 1.12 bits per heavy atom. The van der Waals surface area contributed by atoms with Gasteiger partial charge < -0.3 is 14.9 Å². The highest BCUT2D eigenvalue weighted by atomic mass is 16.3. The molecule has 3 aliphatic rings. The highest BCUT2D eigenvalue weighted by Crippen LogP contribution is 2.30. The van der Waals surface area contributed by atoms with E-state index in [1.54, 1.807) is 0 Å².